The van der Waals surface area contributed by atoms with Crippen LogP contribution in [0.1, 0.15) is 10.4 Å². The van der Waals surface area contributed by atoms with Crippen LogP contribution in [0.4, 0.5) is 5.95 Å². The number of anilines is 1. The number of fused-ring (bicyclic) bond motifs is 1. The highest BCUT2D eigenvalue weighted by molar-refractivity contribution is 6.30. The molecular weight excluding hydrogens is 384 g/mol. The second kappa shape index (κ2) is 6.83. The molecule has 0 unspecified atom stereocenters. The number of carbonyl (C=O) groups is 1. The molecular formula is C18H19ClN6O3. The summed E-state index contributed by atoms with van der Waals surface area (Å²) < 4.78 is 2.39. The molecule has 3 heterocycles. The third kappa shape index (κ3) is 2.97. The molecule has 146 valence electrons. The number of nitrogens with one attached hydrogen (secondary N) is 1. The van der Waals surface area contributed by atoms with Gasteiger partial charge in [0.25, 0.3) is 11.5 Å². The molecule has 0 bridgehead atoms. The van der Waals surface area contributed by atoms with Gasteiger partial charge in [0.15, 0.2) is 11.2 Å². The Labute approximate surface area is 164 Å². The van der Waals surface area contributed by atoms with Crippen LogP contribution in [0.2, 0.25) is 5.02 Å². The minimum absolute atomic E-state index is 0.0443. The first-order valence-corrected chi connectivity index (χ1v) is 9.20. The average Bonchev–Trinajstić information content (AvgIpc) is 3.16. The minimum Gasteiger partial charge on any atom is -0.339 e. The number of rotatable bonds is 2. The van der Waals surface area contributed by atoms with Crippen LogP contribution in [-0.2, 0) is 14.1 Å². The fraction of sp³-hybridized carbons (Fsp3) is 0.333. The number of aryl methyl sites for hydroxylation is 1. The van der Waals surface area contributed by atoms with Crippen LogP contribution in [0.3, 0.4) is 0 Å². The van der Waals surface area contributed by atoms with Gasteiger partial charge in [-0.25, -0.2) is 4.79 Å². The van der Waals surface area contributed by atoms with Crippen molar-refractivity contribution in [1.29, 1.82) is 0 Å². The first kappa shape index (κ1) is 18.3. The van der Waals surface area contributed by atoms with Crippen LogP contribution < -0.4 is 16.1 Å². The van der Waals surface area contributed by atoms with Crippen molar-refractivity contribution >= 4 is 34.6 Å². The number of nitrogens with zero attached hydrogens (tertiary/aromatic N) is 5. The molecule has 1 fully saturated rings. The van der Waals surface area contributed by atoms with Gasteiger partial charge in [0, 0.05) is 50.9 Å². The molecule has 2 aromatic heterocycles. The summed E-state index contributed by atoms with van der Waals surface area (Å²) in [5.41, 5.74) is 0.379. The van der Waals surface area contributed by atoms with Gasteiger partial charge in [0.2, 0.25) is 5.95 Å². The summed E-state index contributed by atoms with van der Waals surface area (Å²) in [5.74, 6) is 0.476. The first-order chi connectivity index (χ1) is 13.4. The van der Waals surface area contributed by atoms with Gasteiger partial charge in [-0.2, -0.15) is 4.98 Å². The minimum atomic E-state index is -0.422. The molecule has 4 rings (SSSR count). The zero-order valence-electron chi connectivity index (χ0n) is 15.5. The lowest BCUT2D eigenvalue weighted by atomic mass is 10.2. The van der Waals surface area contributed by atoms with Gasteiger partial charge in [0.05, 0.1) is 0 Å². The van der Waals surface area contributed by atoms with Gasteiger partial charge in [0.1, 0.15) is 0 Å². The van der Waals surface area contributed by atoms with E-state index in [0.717, 1.165) is 4.57 Å². The summed E-state index contributed by atoms with van der Waals surface area (Å²) in [6.07, 6.45) is 0. The maximum absolute atomic E-state index is 12.6. The highest BCUT2D eigenvalue weighted by atomic mass is 35.5. The summed E-state index contributed by atoms with van der Waals surface area (Å²) in [5, 5.41) is 0.590. The lowest BCUT2D eigenvalue weighted by molar-refractivity contribution is 0.0746. The van der Waals surface area contributed by atoms with Gasteiger partial charge >= 0.3 is 5.69 Å². The standard InChI is InChI=1S/C18H19ClN6O3/c1-22-14-13(16(27)23(2)18(22)28)20-17(21-14)25-9-7-24(8-10-25)15(26)11-3-5-12(19)6-4-11/h3-6H,7-10H2,1-2H3,(H,20,21). The topological polar surface area (TPSA) is 96.2 Å². The second-order valence-electron chi connectivity index (χ2n) is 6.75. The number of H-pyrrole nitrogens is 1. The van der Waals surface area contributed by atoms with Gasteiger partial charge in [-0.1, -0.05) is 11.6 Å². The quantitative estimate of drug-likeness (QED) is 0.676. The molecule has 1 aliphatic heterocycles. The van der Waals surface area contributed by atoms with Gasteiger partial charge < -0.3 is 14.8 Å². The van der Waals surface area contributed by atoms with E-state index in [0.29, 0.717) is 53.9 Å². The number of hydrogen-bond acceptors (Lipinski definition) is 5. The lowest BCUT2D eigenvalue weighted by Crippen LogP contribution is -2.49. The maximum atomic E-state index is 12.6. The molecule has 1 aliphatic rings. The van der Waals surface area contributed by atoms with Crippen molar-refractivity contribution in [2.75, 3.05) is 31.1 Å². The molecule has 1 amide bonds. The summed E-state index contributed by atoms with van der Waals surface area (Å²) >= 11 is 5.88. The number of hydrogen-bond donors (Lipinski definition) is 1. The third-order valence-electron chi connectivity index (χ3n) is 5.04. The summed E-state index contributed by atoms with van der Waals surface area (Å²) in [6, 6.07) is 6.83. The third-order valence-corrected chi connectivity index (χ3v) is 5.29. The molecule has 0 aliphatic carbocycles. The van der Waals surface area contributed by atoms with E-state index in [1.165, 1.54) is 11.6 Å². The average molecular weight is 403 g/mol. The van der Waals surface area contributed by atoms with E-state index >= 15 is 0 Å². The summed E-state index contributed by atoms with van der Waals surface area (Å²) in [7, 11) is 3.02. The van der Waals surface area contributed by atoms with E-state index in [1.54, 1.807) is 36.2 Å². The predicted molar refractivity (Wildman–Crippen MR) is 106 cm³/mol. The number of aromatic amines is 1. The van der Waals surface area contributed by atoms with Crippen LogP contribution in [0.15, 0.2) is 33.9 Å². The first-order valence-electron chi connectivity index (χ1n) is 8.82. The Morgan fingerprint density at radius 3 is 2.32 bits per heavy atom. The van der Waals surface area contributed by atoms with Gasteiger partial charge in [-0.15, -0.1) is 0 Å². The SMILES string of the molecule is Cn1c(=O)c2[nH]c(N3CCN(C(=O)c4ccc(Cl)cc4)CC3)nc2n(C)c1=O. The highest BCUT2D eigenvalue weighted by Gasteiger charge is 2.25. The van der Waals surface area contributed by atoms with Crippen LogP contribution >= 0.6 is 11.6 Å². The fourth-order valence-corrected chi connectivity index (χ4v) is 3.49. The molecule has 0 saturated carbocycles. The molecule has 10 heteroatoms. The van der Waals surface area contributed by atoms with Crippen molar-refractivity contribution in [1.82, 2.24) is 24.0 Å². The van der Waals surface area contributed by atoms with E-state index in [9.17, 15) is 14.4 Å². The molecule has 1 N–H and O–H groups in total. The Balaban J connectivity index is 1.54. The normalized spacial score (nSPS) is 14.7. The van der Waals surface area contributed by atoms with Crippen LogP contribution in [0.25, 0.3) is 11.2 Å². The fourth-order valence-electron chi connectivity index (χ4n) is 3.36. The molecule has 1 aromatic carbocycles. The molecule has 1 saturated heterocycles. The zero-order valence-corrected chi connectivity index (χ0v) is 16.2. The zero-order chi connectivity index (χ0) is 20.0. The van der Waals surface area contributed by atoms with E-state index < -0.39 is 11.2 Å². The van der Waals surface area contributed by atoms with Gasteiger partial charge in [-0.05, 0) is 24.3 Å². The number of benzene rings is 1. The van der Waals surface area contributed by atoms with E-state index in [2.05, 4.69) is 9.97 Å². The van der Waals surface area contributed by atoms with Crippen LogP contribution in [0, 0.1) is 0 Å². The van der Waals surface area contributed by atoms with Crippen molar-refractivity contribution in [2.24, 2.45) is 14.1 Å². The second-order valence-corrected chi connectivity index (χ2v) is 7.19. The number of halogens is 1. The Kier molecular flexibility index (Phi) is 4.46. The highest BCUT2D eigenvalue weighted by Crippen LogP contribution is 2.17. The smallest absolute Gasteiger partial charge is 0.332 e. The molecule has 3 aromatic rings. The number of imidazole rings is 1. The van der Waals surface area contributed by atoms with E-state index in [1.807, 2.05) is 4.90 Å². The Hall–Kier alpha value is -3.07. The molecule has 28 heavy (non-hydrogen) atoms. The summed E-state index contributed by atoms with van der Waals surface area (Å²) in [4.78, 5) is 48.2. The van der Waals surface area contributed by atoms with Crippen LogP contribution in [-0.4, -0.2) is 56.1 Å². The Morgan fingerprint density at radius 1 is 1.04 bits per heavy atom. The van der Waals surface area contributed by atoms with E-state index in [-0.39, 0.29) is 5.91 Å². The van der Waals surface area contributed by atoms with Crippen LogP contribution in [0.5, 0.6) is 0 Å². The van der Waals surface area contributed by atoms with Gasteiger partial charge in [-0.3, -0.25) is 18.7 Å². The maximum Gasteiger partial charge on any atom is 0.332 e. The van der Waals surface area contributed by atoms with E-state index in [4.69, 9.17) is 11.6 Å². The van der Waals surface area contributed by atoms with Crippen molar-refractivity contribution in [2.45, 2.75) is 0 Å². The monoisotopic (exact) mass is 402 g/mol. The number of piperazine rings is 1. The number of amides is 1. The van der Waals surface area contributed by atoms with Crippen molar-refractivity contribution < 1.29 is 4.79 Å². The molecule has 0 spiro atoms. The lowest BCUT2D eigenvalue weighted by Gasteiger charge is -2.34. The number of carbonyl (C=O) groups excluding carboxylic acids is 1. The van der Waals surface area contributed by atoms with Crippen molar-refractivity contribution in [3.05, 3.63) is 55.7 Å². The summed E-state index contributed by atoms with van der Waals surface area (Å²) in [6.45, 7) is 2.17. The number of aromatic nitrogens is 4. The largest absolute Gasteiger partial charge is 0.339 e. The molecule has 0 radical (unpaired) electrons. The van der Waals surface area contributed by atoms with Crippen molar-refractivity contribution in [3.8, 4) is 0 Å². The Bertz CT molecular complexity index is 1170. The predicted octanol–water partition coefficient (Wildman–Crippen LogP) is 0.576. The molecule has 0 atom stereocenters. The van der Waals surface area contributed by atoms with Crippen molar-refractivity contribution in [3.63, 3.8) is 0 Å². The Morgan fingerprint density at radius 2 is 1.68 bits per heavy atom. The molecule has 9 nitrogen and oxygen atoms in total.